The Morgan fingerprint density at radius 1 is 1.00 bits per heavy atom. The summed E-state index contributed by atoms with van der Waals surface area (Å²) in [6.07, 6.45) is 5.56. The van der Waals surface area contributed by atoms with Gasteiger partial charge in [0.25, 0.3) is 0 Å². The number of hydrogen-bond donors (Lipinski definition) is 2. The van der Waals surface area contributed by atoms with Gasteiger partial charge in [-0.3, -0.25) is 4.79 Å². The lowest BCUT2D eigenvalue weighted by Gasteiger charge is -2.39. The number of aromatic nitrogens is 1. The number of amides is 1. The molecule has 1 aromatic carbocycles. The van der Waals surface area contributed by atoms with Crippen LogP contribution in [0, 0.1) is 0 Å². The number of carbonyl (C=O) groups is 1. The van der Waals surface area contributed by atoms with E-state index < -0.39 is 0 Å². The number of nitrogens with one attached hydrogen (secondary N) is 2. The van der Waals surface area contributed by atoms with E-state index in [1.807, 2.05) is 36.5 Å². The molecule has 0 aliphatic carbocycles. The monoisotopic (exact) mass is 350 g/mol. The molecule has 2 N–H and O–H groups in total. The smallest absolute Gasteiger partial charge is 0.220 e. The first-order valence-corrected chi connectivity index (χ1v) is 9.56. The van der Waals surface area contributed by atoms with Gasteiger partial charge in [-0.05, 0) is 37.0 Å². The van der Waals surface area contributed by atoms with E-state index in [-0.39, 0.29) is 11.9 Å². The number of carbonyl (C=O) groups excluding carboxylic acids is 1. The highest BCUT2D eigenvalue weighted by Crippen LogP contribution is 2.26. The van der Waals surface area contributed by atoms with Crippen LogP contribution in [-0.4, -0.2) is 36.1 Å². The van der Waals surface area contributed by atoms with Gasteiger partial charge in [0.1, 0.15) is 5.82 Å². The van der Waals surface area contributed by atoms with Gasteiger partial charge in [-0.2, -0.15) is 0 Å². The first-order valence-electron chi connectivity index (χ1n) is 9.56. The molecule has 0 spiro atoms. The minimum atomic E-state index is 0.0614. The minimum Gasteiger partial charge on any atom is -0.357 e. The van der Waals surface area contributed by atoms with Crippen LogP contribution in [0.15, 0.2) is 54.7 Å². The van der Waals surface area contributed by atoms with Gasteiger partial charge in [0.05, 0.1) is 6.04 Å². The van der Waals surface area contributed by atoms with Crippen molar-refractivity contribution >= 4 is 11.7 Å². The van der Waals surface area contributed by atoms with Crippen molar-refractivity contribution in [2.24, 2.45) is 0 Å². The third-order valence-electron chi connectivity index (χ3n) is 5.48. The second-order valence-electron chi connectivity index (χ2n) is 7.22. The summed E-state index contributed by atoms with van der Waals surface area (Å²) in [5.41, 5.74) is 1.18. The quantitative estimate of drug-likeness (QED) is 0.890. The van der Waals surface area contributed by atoms with Crippen molar-refractivity contribution in [2.45, 2.75) is 43.8 Å². The average Bonchev–Trinajstić information content (AvgIpc) is 2.71. The first-order chi connectivity index (χ1) is 12.8. The summed E-state index contributed by atoms with van der Waals surface area (Å²) < 4.78 is 0. The Morgan fingerprint density at radius 2 is 1.77 bits per heavy atom. The highest BCUT2D eigenvalue weighted by Gasteiger charge is 2.32. The van der Waals surface area contributed by atoms with E-state index in [1.54, 1.807) is 0 Å². The van der Waals surface area contributed by atoms with Gasteiger partial charge in [0.15, 0.2) is 0 Å². The molecule has 0 bridgehead atoms. The van der Waals surface area contributed by atoms with E-state index in [0.717, 1.165) is 38.2 Å². The van der Waals surface area contributed by atoms with Crippen LogP contribution < -0.4 is 15.5 Å². The zero-order chi connectivity index (χ0) is 17.8. The van der Waals surface area contributed by atoms with Crippen LogP contribution in [0.4, 0.5) is 5.82 Å². The summed E-state index contributed by atoms with van der Waals surface area (Å²) in [6.45, 7) is 2.04. The van der Waals surface area contributed by atoms with Gasteiger partial charge in [-0.15, -0.1) is 0 Å². The lowest BCUT2D eigenvalue weighted by atomic mass is 9.90. The number of nitrogens with zero attached hydrogens (tertiary/aromatic N) is 2. The van der Waals surface area contributed by atoms with Crippen molar-refractivity contribution in [3.05, 3.63) is 60.3 Å². The predicted octanol–water partition coefficient (Wildman–Crippen LogP) is 2.66. The second-order valence-corrected chi connectivity index (χ2v) is 7.22. The second kappa shape index (κ2) is 7.87. The summed E-state index contributed by atoms with van der Waals surface area (Å²) in [5.74, 6) is 1.22. The molecule has 2 aromatic rings. The van der Waals surface area contributed by atoms with Gasteiger partial charge in [0.2, 0.25) is 5.91 Å². The zero-order valence-electron chi connectivity index (χ0n) is 15.0. The predicted molar refractivity (Wildman–Crippen MR) is 103 cm³/mol. The Bertz CT molecular complexity index is 713. The third-order valence-corrected chi connectivity index (χ3v) is 5.48. The summed E-state index contributed by atoms with van der Waals surface area (Å²) >= 11 is 0. The molecule has 1 aromatic heterocycles. The van der Waals surface area contributed by atoms with Crippen LogP contribution in [0.2, 0.25) is 0 Å². The topological polar surface area (TPSA) is 57.3 Å². The van der Waals surface area contributed by atoms with Crippen molar-refractivity contribution in [3.8, 4) is 0 Å². The Labute approximate surface area is 154 Å². The maximum Gasteiger partial charge on any atom is 0.220 e. The molecule has 2 atom stereocenters. The average molecular weight is 350 g/mol. The van der Waals surface area contributed by atoms with Gasteiger partial charge in [-0.25, -0.2) is 4.98 Å². The van der Waals surface area contributed by atoms with E-state index in [0.29, 0.717) is 18.5 Å². The zero-order valence-corrected chi connectivity index (χ0v) is 15.0. The van der Waals surface area contributed by atoms with Gasteiger partial charge < -0.3 is 15.5 Å². The van der Waals surface area contributed by atoms with E-state index in [2.05, 4.69) is 38.7 Å². The molecule has 1 amide bonds. The number of anilines is 1. The molecular weight excluding hydrogens is 324 g/mol. The molecule has 4 rings (SSSR count). The van der Waals surface area contributed by atoms with Crippen LogP contribution in [0.1, 0.15) is 37.3 Å². The van der Waals surface area contributed by atoms with E-state index in [1.165, 1.54) is 5.56 Å². The molecule has 0 saturated carbocycles. The highest BCUT2D eigenvalue weighted by atomic mass is 16.1. The molecule has 3 heterocycles. The largest absolute Gasteiger partial charge is 0.357 e. The standard InChI is InChI=1S/C21H26N4O/c26-20-10-9-18(21(24-20)16-6-2-1-3-7-16)23-17-11-14-25(15-12-17)19-8-4-5-13-22-19/h1-8,13,17-18,21,23H,9-12,14-15H2,(H,24,26)/t18-,21+/m1/s1. The Morgan fingerprint density at radius 3 is 2.50 bits per heavy atom. The van der Waals surface area contributed by atoms with Crippen molar-refractivity contribution in [2.75, 3.05) is 18.0 Å². The fraction of sp³-hybridized carbons (Fsp3) is 0.429. The summed E-state index contributed by atoms with van der Waals surface area (Å²) in [4.78, 5) is 18.7. The fourth-order valence-electron chi connectivity index (χ4n) is 4.07. The fourth-order valence-corrected chi connectivity index (χ4v) is 4.07. The van der Waals surface area contributed by atoms with Crippen molar-refractivity contribution in [1.29, 1.82) is 0 Å². The molecular formula is C21H26N4O. The first kappa shape index (κ1) is 17.0. The van der Waals surface area contributed by atoms with Crippen LogP contribution in [0.3, 0.4) is 0 Å². The normalized spacial score (nSPS) is 24.3. The number of piperidine rings is 2. The summed E-state index contributed by atoms with van der Waals surface area (Å²) in [7, 11) is 0. The minimum absolute atomic E-state index is 0.0614. The maximum atomic E-state index is 11.9. The lowest BCUT2D eigenvalue weighted by Crippen LogP contribution is -2.53. The van der Waals surface area contributed by atoms with E-state index in [4.69, 9.17) is 0 Å². The van der Waals surface area contributed by atoms with E-state index >= 15 is 0 Å². The molecule has 0 unspecified atom stereocenters. The van der Waals surface area contributed by atoms with Crippen molar-refractivity contribution in [3.63, 3.8) is 0 Å². The number of hydrogen-bond acceptors (Lipinski definition) is 4. The molecule has 2 aliphatic rings. The SMILES string of the molecule is O=C1CC[C@@H](NC2CCN(c3ccccn3)CC2)[C@H](c2ccccc2)N1. The van der Waals surface area contributed by atoms with Crippen LogP contribution in [-0.2, 0) is 4.79 Å². The number of pyridine rings is 1. The van der Waals surface area contributed by atoms with Crippen molar-refractivity contribution in [1.82, 2.24) is 15.6 Å². The number of benzene rings is 1. The highest BCUT2D eigenvalue weighted by molar-refractivity contribution is 5.77. The molecule has 5 heteroatoms. The molecule has 2 saturated heterocycles. The van der Waals surface area contributed by atoms with E-state index in [9.17, 15) is 4.79 Å². The third kappa shape index (κ3) is 3.88. The maximum absolute atomic E-state index is 11.9. The molecule has 2 aliphatic heterocycles. The molecule has 26 heavy (non-hydrogen) atoms. The molecule has 0 radical (unpaired) electrons. The van der Waals surface area contributed by atoms with Crippen molar-refractivity contribution < 1.29 is 4.79 Å². The van der Waals surface area contributed by atoms with Crippen LogP contribution in [0.25, 0.3) is 0 Å². The Balaban J connectivity index is 1.38. The Kier molecular flexibility index (Phi) is 5.16. The summed E-state index contributed by atoms with van der Waals surface area (Å²) in [5, 5.41) is 7.02. The van der Waals surface area contributed by atoms with Gasteiger partial charge in [0, 0.05) is 37.8 Å². The number of rotatable bonds is 4. The van der Waals surface area contributed by atoms with Gasteiger partial charge in [-0.1, -0.05) is 36.4 Å². The molecule has 5 nitrogen and oxygen atoms in total. The lowest BCUT2D eigenvalue weighted by molar-refractivity contribution is -0.124. The summed E-state index contributed by atoms with van der Waals surface area (Å²) in [6, 6.07) is 17.2. The molecule has 136 valence electrons. The Hall–Kier alpha value is -2.40. The van der Waals surface area contributed by atoms with Gasteiger partial charge >= 0.3 is 0 Å². The van der Waals surface area contributed by atoms with Crippen LogP contribution in [0.5, 0.6) is 0 Å². The molecule has 2 fully saturated rings. The van der Waals surface area contributed by atoms with Crippen LogP contribution >= 0.6 is 0 Å².